The molecule has 5 heteroatoms. The van der Waals surface area contributed by atoms with Crippen LogP contribution in [0.5, 0.6) is 5.75 Å². The highest BCUT2D eigenvalue weighted by atomic mass is 16.5. The van der Waals surface area contributed by atoms with Gasteiger partial charge in [0.15, 0.2) is 0 Å². The number of nitriles is 1. The minimum absolute atomic E-state index is 0.325. The zero-order chi connectivity index (χ0) is 13.0. The molecule has 1 aliphatic heterocycles. The van der Waals surface area contributed by atoms with Gasteiger partial charge in [-0.3, -0.25) is 0 Å². The molecule has 1 heterocycles. The lowest BCUT2D eigenvalue weighted by molar-refractivity contribution is 0.0382. The van der Waals surface area contributed by atoms with Crippen molar-refractivity contribution in [3.63, 3.8) is 0 Å². The van der Waals surface area contributed by atoms with Gasteiger partial charge in [-0.25, -0.2) is 0 Å². The smallest absolute Gasteiger partial charge is 0.121 e. The van der Waals surface area contributed by atoms with Crippen LogP contribution < -0.4 is 10.1 Å². The Bertz CT molecular complexity index is 462. The second kappa shape index (κ2) is 5.25. The third-order valence-corrected chi connectivity index (χ3v) is 3.04. The van der Waals surface area contributed by atoms with Crippen molar-refractivity contribution in [1.29, 1.82) is 5.26 Å². The monoisotopic (exact) mass is 248 g/mol. The summed E-state index contributed by atoms with van der Waals surface area (Å²) in [7, 11) is 1.57. The molecule has 2 N–H and O–H groups in total. The maximum atomic E-state index is 10.1. The molecule has 0 saturated carbocycles. The van der Waals surface area contributed by atoms with Gasteiger partial charge in [-0.1, -0.05) is 0 Å². The van der Waals surface area contributed by atoms with Crippen LogP contribution >= 0.6 is 0 Å². The molecule has 1 aromatic carbocycles. The van der Waals surface area contributed by atoms with Crippen LogP contribution in [0.15, 0.2) is 18.2 Å². The molecule has 1 atom stereocenters. The van der Waals surface area contributed by atoms with E-state index >= 15 is 0 Å². The molecule has 1 aromatic rings. The Labute approximate surface area is 106 Å². The molecule has 1 fully saturated rings. The average molecular weight is 248 g/mol. The summed E-state index contributed by atoms with van der Waals surface area (Å²) in [4.78, 5) is 0. The van der Waals surface area contributed by atoms with Crippen LogP contribution in [-0.2, 0) is 4.74 Å². The molecule has 5 nitrogen and oxygen atoms in total. The van der Waals surface area contributed by atoms with Gasteiger partial charge in [0, 0.05) is 25.6 Å². The molecule has 1 unspecified atom stereocenters. The summed E-state index contributed by atoms with van der Waals surface area (Å²) < 4.78 is 10.3. The zero-order valence-electron chi connectivity index (χ0n) is 10.3. The summed E-state index contributed by atoms with van der Waals surface area (Å²) >= 11 is 0. The van der Waals surface area contributed by atoms with Gasteiger partial charge < -0.3 is 19.9 Å². The quantitative estimate of drug-likeness (QED) is 0.835. The van der Waals surface area contributed by atoms with Gasteiger partial charge in [0.05, 0.1) is 25.0 Å². The predicted octanol–water partition coefficient (Wildman–Crippen LogP) is 1.13. The van der Waals surface area contributed by atoms with Crippen LogP contribution in [0, 0.1) is 11.3 Å². The number of hydrogen-bond acceptors (Lipinski definition) is 5. The summed E-state index contributed by atoms with van der Waals surface area (Å²) in [5, 5.41) is 22.3. The van der Waals surface area contributed by atoms with Crippen LogP contribution in [0.1, 0.15) is 12.0 Å². The van der Waals surface area contributed by atoms with Crippen molar-refractivity contribution in [3.05, 3.63) is 23.8 Å². The first kappa shape index (κ1) is 12.7. The van der Waals surface area contributed by atoms with Crippen LogP contribution in [0.25, 0.3) is 0 Å². The first-order valence-electron chi connectivity index (χ1n) is 5.79. The normalized spacial score (nSPS) is 22.5. The lowest BCUT2D eigenvalue weighted by Gasteiger charge is -2.22. The lowest BCUT2D eigenvalue weighted by Crippen LogP contribution is -2.37. The van der Waals surface area contributed by atoms with Gasteiger partial charge in [-0.2, -0.15) is 5.26 Å². The largest absolute Gasteiger partial charge is 0.497 e. The maximum absolute atomic E-state index is 10.1. The zero-order valence-corrected chi connectivity index (χ0v) is 10.3. The third-order valence-electron chi connectivity index (χ3n) is 3.04. The number of methoxy groups -OCH3 is 1. The summed E-state index contributed by atoms with van der Waals surface area (Å²) in [6.45, 7) is 1.25. The number of anilines is 1. The van der Waals surface area contributed by atoms with Crippen molar-refractivity contribution in [2.75, 3.05) is 32.2 Å². The summed E-state index contributed by atoms with van der Waals surface area (Å²) in [5.41, 5.74) is 0.339. The number of benzene rings is 1. The van der Waals surface area contributed by atoms with E-state index in [0.717, 1.165) is 0 Å². The summed E-state index contributed by atoms with van der Waals surface area (Å²) in [6, 6.07) is 7.28. The first-order chi connectivity index (χ1) is 8.67. The molecule has 0 aliphatic carbocycles. The Hall–Kier alpha value is -1.77. The highest BCUT2D eigenvalue weighted by molar-refractivity contribution is 5.60. The van der Waals surface area contributed by atoms with Crippen LogP contribution in [-0.4, -0.2) is 37.6 Å². The van der Waals surface area contributed by atoms with Crippen molar-refractivity contribution in [3.8, 4) is 11.8 Å². The summed E-state index contributed by atoms with van der Waals surface area (Å²) in [6.07, 6.45) is 0.603. The molecular formula is C13H16N2O3. The minimum atomic E-state index is -0.851. The van der Waals surface area contributed by atoms with Crippen LogP contribution in [0.4, 0.5) is 5.69 Å². The molecule has 0 bridgehead atoms. The van der Waals surface area contributed by atoms with E-state index in [0.29, 0.717) is 43.2 Å². The molecule has 1 aliphatic rings. The first-order valence-corrected chi connectivity index (χ1v) is 5.79. The van der Waals surface area contributed by atoms with Gasteiger partial charge in [0.2, 0.25) is 0 Å². The number of aliphatic hydroxyl groups is 1. The fourth-order valence-corrected chi connectivity index (χ4v) is 1.89. The predicted molar refractivity (Wildman–Crippen MR) is 66.6 cm³/mol. The van der Waals surface area contributed by atoms with Crippen LogP contribution in [0.3, 0.4) is 0 Å². The van der Waals surface area contributed by atoms with Gasteiger partial charge in [-0.15, -0.1) is 0 Å². The van der Waals surface area contributed by atoms with E-state index in [9.17, 15) is 5.11 Å². The van der Waals surface area contributed by atoms with Gasteiger partial charge in [0.25, 0.3) is 0 Å². The summed E-state index contributed by atoms with van der Waals surface area (Å²) in [5.74, 6) is 0.672. The molecule has 0 amide bonds. The Morgan fingerprint density at radius 2 is 2.44 bits per heavy atom. The number of nitrogens with one attached hydrogen (secondary N) is 1. The van der Waals surface area contributed by atoms with Crippen molar-refractivity contribution in [1.82, 2.24) is 0 Å². The van der Waals surface area contributed by atoms with E-state index < -0.39 is 5.60 Å². The average Bonchev–Trinajstić information content (AvgIpc) is 2.83. The molecule has 1 saturated heterocycles. The van der Waals surface area contributed by atoms with E-state index in [-0.39, 0.29) is 0 Å². The second-order valence-electron chi connectivity index (χ2n) is 4.40. The number of nitrogens with zero attached hydrogens (tertiary/aromatic N) is 1. The van der Waals surface area contributed by atoms with Crippen LogP contribution in [0.2, 0.25) is 0 Å². The fraction of sp³-hybridized carbons (Fsp3) is 0.462. The standard InChI is InChI=1S/C13H16N2O3/c1-17-11-3-2-10(7-14)12(6-11)15-8-13(16)4-5-18-9-13/h2-3,6,15-16H,4-5,8-9H2,1H3. The molecule has 0 radical (unpaired) electrons. The van der Waals surface area contributed by atoms with E-state index in [4.69, 9.17) is 14.7 Å². The lowest BCUT2D eigenvalue weighted by atomic mass is 10.0. The number of ether oxygens (including phenoxy) is 2. The molecular weight excluding hydrogens is 232 g/mol. The second-order valence-corrected chi connectivity index (χ2v) is 4.40. The van der Waals surface area contributed by atoms with Gasteiger partial charge in [-0.05, 0) is 12.1 Å². The van der Waals surface area contributed by atoms with Crippen molar-refractivity contribution >= 4 is 5.69 Å². The van der Waals surface area contributed by atoms with E-state index in [2.05, 4.69) is 11.4 Å². The molecule has 0 aromatic heterocycles. The highest BCUT2D eigenvalue weighted by Gasteiger charge is 2.32. The minimum Gasteiger partial charge on any atom is -0.497 e. The molecule has 96 valence electrons. The van der Waals surface area contributed by atoms with E-state index in [1.807, 2.05) is 0 Å². The Morgan fingerprint density at radius 1 is 1.61 bits per heavy atom. The maximum Gasteiger partial charge on any atom is 0.121 e. The Kier molecular flexibility index (Phi) is 3.70. The van der Waals surface area contributed by atoms with Gasteiger partial charge in [0.1, 0.15) is 17.4 Å². The molecule has 2 rings (SSSR count). The SMILES string of the molecule is COc1ccc(C#N)c(NCC2(O)CCOC2)c1. The fourth-order valence-electron chi connectivity index (χ4n) is 1.89. The number of rotatable bonds is 4. The molecule has 0 spiro atoms. The number of hydrogen-bond donors (Lipinski definition) is 2. The van der Waals surface area contributed by atoms with E-state index in [1.165, 1.54) is 0 Å². The van der Waals surface area contributed by atoms with Gasteiger partial charge >= 0.3 is 0 Å². The van der Waals surface area contributed by atoms with E-state index in [1.54, 1.807) is 25.3 Å². The van der Waals surface area contributed by atoms with Crippen molar-refractivity contribution < 1.29 is 14.6 Å². The highest BCUT2D eigenvalue weighted by Crippen LogP contribution is 2.24. The Morgan fingerprint density at radius 3 is 3.06 bits per heavy atom. The topological polar surface area (TPSA) is 74.5 Å². The van der Waals surface area contributed by atoms with Crippen molar-refractivity contribution in [2.24, 2.45) is 0 Å². The molecule has 18 heavy (non-hydrogen) atoms. The Balaban J connectivity index is 2.10. The van der Waals surface area contributed by atoms with Crippen molar-refractivity contribution in [2.45, 2.75) is 12.0 Å². The third kappa shape index (κ3) is 2.73.